The average molecular weight is 254 g/mol. The third-order valence-corrected chi connectivity index (χ3v) is 2.94. The lowest BCUT2D eigenvalue weighted by molar-refractivity contribution is -0.385. The number of carbonyl (C=O) groups is 1. The summed E-state index contributed by atoms with van der Waals surface area (Å²) in [5, 5.41) is 22.0. The van der Waals surface area contributed by atoms with Crippen molar-refractivity contribution < 1.29 is 19.2 Å². The summed E-state index contributed by atoms with van der Waals surface area (Å²) < 4.78 is 13.5. The molecule has 6 nitrogen and oxygen atoms in total. The number of amides is 1. The van der Waals surface area contributed by atoms with Gasteiger partial charge in [-0.2, -0.15) is 0 Å². The fourth-order valence-corrected chi connectivity index (χ4v) is 1.58. The number of non-ortho nitro benzene ring substituents is 1. The number of benzene rings is 1. The van der Waals surface area contributed by atoms with E-state index in [1.54, 1.807) is 0 Å². The van der Waals surface area contributed by atoms with Crippen LogP contribution in [0.4, 0.5) is 10.1 Å². The molecule has 1 fully saturated rings. The first-order valence-electron chi connectivity index (χ1n) is 5.35. The highest BCUT2D eigenvalue weighted by Crippen LogP contribution is 2.35. The Labute approximate surface area is 102 Å². The summed E-state index contributed by atoms with van der Waals surface area (Å²) in [7, 11) is 0. The van der Waals surface area contributed by atoms with Gasteiger partial charge in [0.1, 0.15) is 5.82 Å². The molecule has 1 aliphatic carbocycles. The maximum absolute atomic E-state index is 13.5. The molecule has 0 radical (unpaired) electrons. The molecule has 7 heteroatoms. The molecule has 18 heavy (non-hydrogen) atoms. The minimum atomic E-state index is -0.949. The van der Waals surface area contributed by atoms with Crippen LogP contribution in [0, 0.1) is 15.9 Å². The molecule has 1 aliphatic rings. The van der Waals surface area contributed by atoms with E-state index in [-0.39, 0.29) is 12.2 Å². The summed E-state index contributed by atoms with van der Waals surface area (Å²) in [6.07, 6.45) is 1.29. The van der Waals surface area contributed by atoms with Crippen molar-refractivity contribution in [2.24, 2.45) is 0 Å². The highest BCUT2D eigenvalue weighted by atomic mass is 19.1. The lowest BCUT2D eigenvalue weighted by atomic mass is 10.1. The van der Waals surface area contributed by atoms with Crippen LogP contribution in [0.3, 0.4) is 0 Å². The van der Waals surface area contributed by atoms with Crippen LogP contribution in [0.25, 0.3) is 0 Å². The number of aliphatic hydroxyl groups is 1. The second-order valence-corrected chi connectivity index (χ2v) is 4.31. The van der Waals surface area contributed by atoms with Gasteiger partial charge < -0.3 is 10.4 Å². The zero-order chi connectivity index (χ0) is 13.3. The Hall–Kier alpha value is -2.02. The summed E-state index contributed by atoms with van der Waals surface area (Å²) >= 11 is 0. The summed E-state index contributed by atoms with van der Waals surface area (Å²) in [6.45, 7) is -0.201. The smallest absolute Gasteiger partial charge is 0.272 e. The Bertz CT molecular complexity index is 514. The second kappa shape index (κ2) is 4.34. The number of hydrogen-bond acceptors (Lipinski definition) is 4. The minimum Gasteiger partial charge on any atom is -0.394 e. The lowest BCUT2D eigenvalue weighted by Crippen LogP contribution is -2.39. The van der Waals surface area contributed by atoms with Gasteiger partial charge in [0.05, 0.1) is 28.7 Å². The first-order valence-corrected chi connectivity index (χ1v) is 5.35. The van der Waals surface area contributed by atoms with Crippen LogP contribution in [0.2, 0.25) is 0 Å². The predicted octanol–water partition coefficient (Wildman–Crippen LogP) is 0.989. The van der Waals surface area contributed by atoms with Crippen LogP contribution < -0.4 is 5.32 Å². The van der Waals surface area contributed by atoms with Crippen molar-refractivity contribution in [2.45, 2.75) is 18.4 Å². The molecule has 0 aromatic heterocycles. The number of hydrogen-bond donors (Lipinski definition) is 2. The van der Waals surface area contributed by atoms with Gasteiger partial charge in [-0.15, -0.1) is 0 Å². The molecule has 1 aromatic rings. The average Bonchev–Trinajstić information content (AvgIpc) is 3.09. The van der Waals surface area contributed by atoms with E-state index in [4.69, 9.17) is 5.11 Å². The maximum atomic E-state index is 13.5. The van der Waals surface area contributed by atoms with Crippen molar-refractivity contribution >= 4 is 11.6 Å². The van der Waals surface area contributed by atoms with Crippen LogP contribution in [0.5, 0.6) is 0 Å². The minimum absolute atomic E-state index is 0.201. The third-order valence-electron chi connectivity index (χ3n) is 2.94. The summed E-state index contributed by atoms with van der Waals surface area (Å²) in [6, 6.07) is 2.83. The summed E-state index contributed by atoms with van der Waals surface area (Å²) in [4.78, 5) is 21.4. The molecule has 96 valence electrons. The van der Waals surface area contributed by atoms with Gasteiger partial charge >= 0.3 is 0 Å². The third kappa shape index (κ3) is 2.30. The van der Waals surface area contributed by atoms with Gasteiger partial charge in [-0.3, -0.25) is 14.9 Å². The number of nitro groups is 1. The number of nitro benzene ring substituents is 1. The summed E-state index contributed by atoms with van der Waals surface area (Å²) in [5.41, 5.74) is -1.32. The molecule has 1 amide bonds. The maximum Gasteiger partial charge on any atom is 0.272 e. The van der Waals surface area contributed by atoms with Gasteiger partial charge in [-0.25, -0.2) is 4.39 Å². The molecule has 0 bridgehead atoms. The van der Waals surface area contributed by atoms with Gasteiger partial charge in [0, 0.05) is 6.07 Å². The number of halogens is 1. The Kier molecular flexibility index (Phi) is 3.00. The van der Waals surface area contributed by atoms with Gasteiger partial charge in [-0.05, 0) is 18.9 Å². The summed E-state index contributed by atoms with van der Waals surface area (Å²) in [5.74, 6) is -1.62. The first kappa shape index (κ1) is 12.4. The number of carbonyl (C=O) groups excluding carboxylic acids is 1. The standard InChI is InChI=1S/C11H11FN2O4/c12-9-5-7(14(17)18)1-2-8(9)10(16)13-11(6-15)3-4-11/h1-2,5,15H,3-4,6H2,(H,13,16). The molecule has 0 heterocycles. The Morgan fingerprint density at radius 2 is 2.22 bits per heavy atom. The highest BCUT2D eigenvalue weighted by molar-refractivity contribution is 5.95. The van der Waals surface area contributed by atoms with Crippen LogP contribution in [-0.4, -0.2) is 28.1 Å². The van der Waals surface area contributed by atoms with Crippen molar-refractivity contribution in [3.63, 3.8) is 0 Å². The quantitative estimate of drug-likeness (QED) is 0.619. The van der Waals surface area contributed by atoms with E-state index in [2.05, 4.69) is 5.32 Å². The topological polar surface area (TPSA) is 92.5 Å². The monoisotopic (exact) mass is 254 g/mol. The largest absolute Gasteiger partial charge is 0.394 e. The van der Waals surface area contributed by atoms with Gasteiger partial charge in [0.15, 0.2) is 0 Å². The van der Waals surface area contributed by atoms with Gasteiger partial charge in [0.25, 0.3) is 11.6 Å². The molecule has 1 saturated carbocycles. The van der Waals surface area contributed by atoms with Crippen LogP contribution >= 0.6 is 0 Å². The molecule has 0 unspecified atom stereocenters. The number of nitrogens with one attached hydrogen (secondary N) is 1. The van der Waals surface area contributed by atoms with Crippen molar-refractivity contribution in [1.29, 1.82) is 0 Å². The second-order valence-electron chi connectivity index (χ2n) is 4.31. The van der Waals surface area contributed by atoms with E-state index < -0.39 is 27.9 Å². The van der Waals surface area contributed by atoms with Gasteiger partial charge in [0.2, 0.25) is 0 Å². The van der Waals surface area contributed by atoms with E-state index in [0.29, 0.717) is 18.9 Å². The van der Waals surface area contributed by atoms with E-state index in [1.807, 2.05) is 0 Å². The molecule has 0 aliphatic heterocycles. The Morgan fingerprint density at radius 1 is 1.56 bits per heavy atom. The molecule has 0 spiro atoms. The highest BCUT2D eigenvalue weighted by Gasteiger charge is 2.43. The van der Waals surface area contributed by atoms with Gasteiger partial charge in [-0.1, -0.05) is 0 Å². The number of aliphatic hydroxyl groups excluding tert-OH is 1. The fraction of sp³-hybridized carbons (Fsp3) is 0.364. The van der Waals surface area contributed by atoms with E-state index in [1.165, 1.54) is 0 Å². The lowest BCUT2D eigenvalue weighted by Gasteiger charge is -2.14. The molecular weight excluding hydrogens is 243 g/mol. The van der Waals surface area contributed by atoms with Crippen LogP contribution in [-0.2, 0) is 0 Å². The Balaban J connectivity index is 2.18. The predicted molar refractivity (Wildman–Crippen MR) is 59.6 cm³/mol. The van der Waals surface area contributed by atoms with E-state index >= 15 is 0 Å². The molecule has 0 atom stereocenters. The van der Waals surface area contributed by atoms with Crippen LogP contribution in [0.1, 0.15) is 23.2 Å². The first-order chi connectivity index (χ1) is 8.47. The zero-order valence-corrected chi connectivity index (χ0v) is 9.35. The van der Waals surface area contributed by atoms with Crippen LogP contribution in [0.15, 0.2) is 18.2 Å². The zero-order valence-electron chi connectivity index (χ0n) is 9.35. The van der Waals surface area contributed by atoms with Crippen molar-refractivity contribution in [3.8, 4) is 0 Å². The number of nitrogens with zero attached hydrogens (tertiary/aromatic N) is 1. The molecule has 2 N–H and O–H groups in total. The molecule has 0 saturated heterocycles. The number of rotatable bonds is 4. The van der Waals surface area contributed by atoms with E-state index in [9.17, 15) is 19.3 Å². The fourth-order valence-electron chi connectivity index (χ4n) is 1.58. The van der Waals surface area contributed by atoms with Crippen molar-refractivity contribution in [3.05, 3.63) is 39.7 Å². The van der Waals surface area contributed by atoms with Crippen molar-refractivity contribution in [2.75, 3.05) is 6.61 Å². The molecular formula is C11H11FN2O4. The normalized spacial score (nSPS) is 16.1. The Morgan fingerprint density at radius 3 is 2.67 bits per heavy atom. The SMILES string of the molecule is O=C(NC1(CO)CC1)c1ccc([N+](=O)[O-])cc1F. The van der Waals surface area contributed by atoms with Crippen molar-refractivity contribution in [1.82, 2.24) is 5.32 Å². The molecule has 2 rings (SSSR count). The van der Waals surface area contributed by atoms with E-state index in [0.717, 1.165) is 12.1 Å². The molecule has 1 aromatic carbocycles.